The summed E-state index contributed by atoms with van der Waals surface area (Å²) >= 11 is -1.25. The van der Waals surface area contributed by atoms with E-state index in [-0.39, 0.29) is 0 Å². The van der Waals surface area contributed by atoms with E-state index >= 15 is 0 Å². The van der Waals surface area contributed by atoms with Gasteiger partial charge in [-0.05, 0) is 0 Å². The van der Waals surface area contributed by atoms with Crippen LogP contribution in [0.3, 0.4) is 0 Å². The van der Waals surface area contributed by atoms with Crippen LogP contribution in [0, 0.1) is 0 Å². The molecule has 0 aromatic carbocycles. The van der Waals surface area contributed by atoms with Crippen molar-refractivity contribution >= 4 is 24.0 Å². The molecule has 0 aliphatic rings. The van der Waals surface area contributed by atoms with Gasteiger partial charge in [-0.2, -0.15) is 193 Å². The van der Waals surface area contributed by atoms with Crippen LogP contribution in [-0.4, -0.2) is 179 Å². The molecule has 526 valence electrons. The molecule has 0 aliphatic heterocycles. The van der Waals surface area contributed by atoms with Gasteiger partial charge in [-0.1, -0.05) is 5.04 Å². The molecule has 0 rings (SSSR count). The van der Waals surface area contributed by atoms with E-state index < -0.39 is 205 Å². The molecule has 0 amide bonds. The Kier molecular flexibility index (Phi) is 22.6. The molecule has 0 saturated heterocycles. The van der Waals surface area contributed by atoms with Crippen LogP contribution in [0.4, 0.5) is 211 Å². The zero-order valence-electron chi connectivity index (χ0n) is 38.7. The van der Waals surface area contributed by atoms with E-state index in [9.17, 15) is 220 Å². The summed E-state index contributed by atoms with van der Waals surface area (Å²) in [4.78, 5) is 24.1. The number of esters is 2. The lowest BCUT2D eigenvalue weighted by Gasteiger charge is -2.45. The van der Waals surface area contributed by atoms with Gasteiger partial charge in [-0.15, -0.1) is 4.33 Å². The summed E-state index contributed by atoms with van der Waals surface area (Å²) in [5, 5.41) is 7.46. The van der Waals surface area contributed by atoms with Gasteiger partial charge in [0.25, 0.3) is 0 Å². The van der Waals surface area contributed by atoms with E-state index in [0.29, 0.717) is 0 Å². The molecule has 1 atom stereocenters. The Balaban J connectivity index is 6.79. The lowest BCUT2D eigenvalue weighted by atomic mass is 9.84. The average molecular weight is 1450 g/mol. The van der Waals surface area contributed by atoms with E-state index in [1.54, 1.807) is 0 Å². The fourth-order valence-corrected chi connectivity index (χ4v) is 5.80. The van der Waals surface area contributed by atoms with Crippen LogP contribution in [0.1, 0.15) is 19.3 Å². The smallest absolute Gasteiger partial charge is 0.385 e. The fourth-order valence-electron chi connectivity index (χ4n) is 5.32. The quantitative estimate of drug-likeness (QED) is 0.0224. The summed E-state index contributed by atoms with van der Waals surface area (Å²) in [5.41, 5.74) is 0. The molecule has 0 spiro atoms. The Bertz CT molecular complexity index is 2420. The zero-order valence-corrected chi connectivity index (χ0v) is 39.5. The summed E-state index contributed by atoms with van der Waals surface area (Å²) in [6.45, 7) is -6.17. The highest BCUT2D eigenvalue weighted by molar-refractivity contribution is 7.95. The Hall–Kier alpha value is -4.19. The molecule has 0 saturated carbocycles. The van der Waals surface area contributed by atoms with Gasteiger partial charge in [-0.25, -0.2) is 22.8 Å². The molecular formula is C32H14F48O7S. The lowest BCUT2D eigenvalue weighted by Crippen LogP contribution is -2.78. The van der Waals surface area contributed by atoms with Crippen LogP contribution in [0.5, 0.6) is 0 Å². The highest BCUT2D eigenvalue weighted by Crippen LogP contribution is 2.70. The topological polar surface area (TPSA) is 91.3 Å². The first-order chi connectivity index (χ1) is 37.8. The molecule has 88 heavy (non-hydrogen) atoms. The Morgan fingerprint density at radius 3 is 0.705 bits per heavy atom. The maximum absolute atomic E-state index is 14.3. The molecule has 7 nitrogen and oxygen atoms in total. The van der Waals surface area contributed by atoms with E-state index in [2.05, 4.69) is 18.8 Å². The van der Waals surface area contributed by atoms with Crippen molar-refractivity contribution in [3.05, 3.63) is 0 Å². The zero-order chi connectivity index (χ0) is 72.0. The number of halogens is 48. The first-order valence-corrected chi connectivity index (χ1v) is 20.5. The summed E-state index contributed by atoms with van der Waals surface area (Å²) in [7, 11) is 0. The van der Waals surface area contributed by atoms with Gasteiger partial charge in [0.05, 0.1) is 44.5 Å². The van der Waals surface area contributed by atoms with Gasteiger partial charge in [0, 0.05) is 0 Å². The average Bonchev–Trinajstić information content (AvgIpc) is 3.33. The number of ether oxygens (including phenoxy) is 2. The number of carbonyl (C=O) groups is 2. The van der Waals surface area contributed by atoms with Crippen LogP contribution < -0.4 is 0 Å². The molecule has 0 radical (unpaired) electrons. The molecule has 0 aromatic heterocycles. The molecule has 0 bridgehead atoms. The van der Waals surface area contributed by atoms with Gasteiger partial charge >= 0.3 is 155 Å². The molecule has 1 N–H and O–H groups in total. The molecule has 1 unspecified atom stereocenters. The van der Waals surface area contributed by atoms with Gasteiger partial charge in [0.2, 0.25) is 0 Å². The highest BCUT2D eigenvalue weighted by Gasteiger charge is 3.01. The minimum atomic E-state index is -9.91. The van der Waals surface area contributed by atoms with Crippen molar-refractivity contribution in [3.8, 4) is 0 Å². The van der Waals surface area contributed by atoms with Crippen molar-refractivity contribution in [3.63, 3.8) is 0 Å². The molecule has 56 heteroatoms. The SMILES string of the molecule is O=C(CC(SOOO)C(=O)OCCC(F)(F)C(F)(F)C(F)(F)C(F)(F)C(F)(F)C(F)(F)C(F)(F)C(F)(F)C(F)(F)C(F)(F)C(F)(F)C(F)F)OCCC(F)(F)C(F)(F)C(F)(F)C(F)(F)C(F)(F)C(F)(F)C(F)(F)C(F)(F)C(F)(F)C(F)(F)C(F)(F)C(F)F. The number of carbonyl (C=O) groups excluding carboxylic acids is 2. The van der Waals surface area contributed by atoms with E-state index in [4.69, 9.17) is 5.26 Å². The lowest BCUT2D eigenvalue weighted by molar-refractivity contribution is -0.476. The Morgan fingerprint density at radius 1 is 0.307 bits per heavy atom. The third-order valence-electron chi connectivity index (χ3n) is 10.8. The van der Waals surface area contributed by atoms with Crippen LogP contribution in [-0.2, 0) is 28.4 Å². The summed E-state index contributed by atoms with van der Waals surface area (Å²) in [6, 6.07) is 0. The first-order valence-electron chi connectivity index (χ1n) is 19.7. The van der Waals surface area contributed by atoms with E-state index in [1.165, 1.54) is 0 Å². The number of rotatable bonds is 34. The number of hydrogen-bond acceptors (Lipinski definition) is 8. The van der Waals surface area contributed by atoms with Crippen molar-refractivity contribution < 1.29 is 244 Å². The summed E-state index contributed by atoms with van der Waals surface area (Å²) < 4.78 is 670. The second-order valence-electron chi connectivity index (χ2n) is 16.4. The number of alkyl halides is 48. The van der Waals surface area contributed by atoms with Crippen LogP contribution in [0.25, 0.3) is 0 Å². The predicted octanol–water partition coefficient (Wildman–Crippen LogP) is 16.2. The van der Waals surface area contributed by atoms with Gasteiger partial charge in [0.1, 0.15) is 5.25 Å². The van der Waals surface area contributed by atoms with Crippen LogP contribution >= 0.6 is 12.0 Å². The van der Waals surface area contributed by atoms with Gasteiger partial charge in [-0.3, -0.25) is 9.59 Å². The predicted molar refractivity (Wildman–Crippen MR) is 173 cm³/mol. The van der Waals surface area contributed by atoms with Crippen LogP contribution in [0.15, 0.2) is 0 Å². The Labute approximate surface area is 450 Å². The fraction of sp³-hybridized carbons (Fsp3) is 0.938. The maximum Gasteiger partial charge on any atom is 0.385 e. The first kappa shape index (κ1) is 83.8. The van der Waals surface area contributed by atoms with Crippen molar-refractivity contribution in [2.75, 3.05) is 13.2 Å². The van der Waals surface area contributed by atoms with E-state index in [0.717, 1.165) is 0 Å². The monoisotopic (exact) mass is 1450 g/mol. The number of hydrogen-bond donors (Lipinski definition) is 1. The van der Waals surface area contributed by atoms with E-state index in [1.807, 2.05) is 0 Å². The van der Waals surface area contributed by atoms with Crippen molar-refractivity contribution in [2.45, 2.75) is 168 Å². The maximum atomic E-state index is 14.3. The van der Waals surface area contributed by atoms with Crippen LogP contribution in [0.2, 0.25) is 0 Å². The summed E-state index contributed by atoms with van der Waals surface area (Å²) in [5.74, 6) is -209. The third-order valence-corrected chi connectivity index (χ3v) is 11.5. The van der Waals surface area contributed by atoms with Crippen molar-refractivity contribution in [1.29, 1.82) is 0 Å². The highest BCUT2D eigenvalue weighted by atomic mass is 32.2. The minimum absolute atomic E-state index is 1.25. The summed E-state index contributed by atoms with van der Waals surface area (Å²) in [6.07, 6.45) is -23.2. The second kappa shape index (κ2) is 23.7. The molecule has 0 aromatic rings. The largest absolute Gasteiger partial charge is 0.465 e. The second-order valence-corrected chi connectivity index (χ2v) is 17.3. The Morgan fingerprint density at radius 2 is 0.500 bits per heavy atom. The van der Waals surface area contributed by atoms with Crippen molar-refractivity contribution in [2.24, 2.45) is 0 Å². The van der Waals surface area contributed by atoms with Gasteiger partial charge < -0.3 is 9.47 Å². The minimum Gasteiger partial charge on any atom is -0.465 e. The third kappa shape index (κ3) is 11.7. The normalized spacial score (nSPS) is 16.6. The molecule has 0 fully saturated rings. The standard InChI is InChI=1S/C32H14F48O7S/c33-9(34)13(41,42)17(49,50)21(57,58)25(65,66)29(73,74)31(77,78)27(69,70)23(61,62)19(53,54)15(45,46)11(37,38)1-3-84-7(81)5-6(88-87-86-83)8(82)85-4-2-12(39,40)16(47,48)20(55,56)24(63,64)28(71,72)32(79,80)30(75,76)26(67,68)22(59,60)18(51,52)14(43,44)10(35)36/h6,9-10,83H,1-5H2. The van der Waals surface area contributed by atoms with Gasteiger partial charge in [0.15, 0.2) is 0 Å². The molecule has 0 heterocycles. The molecule has 0 aliphatic carbocycles. The molecular weight excluding hydrogens is 1440 g/mol. The van der Waals surface area contributed by atoms with Crippen molar-refractivity contribution in [1.82, 2.24) is 0 Å².